The zero-order chi connectivity index (χ0) is 12.1. The zero-order valence-corrected chi connectivity index (χ0v) is 10.9. The van der Waals surface area contributed by atoms with Crippen molar-refractivity contribution in [3.8, 4) is 5.88 Å². The number of hydrogen-bond donors (Lipinski definition) is 2. The second-order valence-corrected chi connectivity index (χ2v) is 4.16. The Hall–Kier alpha value is -1.63. The molecule has 17 heavy (non-hydrogen) atoms. The molecule has 0 aliphatic heterocycles. The number of halogens is 1. The Morgan fingerprint density at radius 1 is 1.47 bits per heavy atom. The third kappa shape index (κ3) is 3.16. The fourth-order valence-electron chi connectivity index (χ4n) is 1.31. The number of nitrogens with one attached hydrogen (secondary N) is 2. The number of imidazole rings is 1. The normalized spacial score (nSPS) is 10.2. The third-order valence-corrected chi connectivity index (χ3v) is 2.68. The summed E-state index contributed by atoms with van der Waals surface area (Å²) in [7, 11) is 1.57. The van der Waals surface area contributed by atoms with E-state index in [9.17, 15) is 0 Å². The summed E-state index contributed by atoms with van der Waals surface area (Å²) in [5.41, 5.74) is 1.07. The van der Waals surface area contributed by atoms with Gasteiger partial charge in [0.25, 0.3) is 0 Å². The van der Waals surface area contributed by atoms with Crippen LogP contribution >= 0.6 is 15.9 Å². The van der Waals surface area contributed by atoms with E-state index in [1.807, 2.05) is 0 Å². The van der Waals surface area contributed by atoms with Crippen LogP contribution in [0.3, 0.4) is 0 Å². The van der Waals surface area contributed by atoms with E-state index in [1.54, 1.807) is 25.8 Å². The van der Waals surface area contributed by atoms with Crippen molar-refractivity contribution in [3.63, 3.8) is 0 Å². The fraction of sp³-hybridized carbons (Fsp3) is 0.300. The molecule has 0 aromatic carbocycles. The van der Waals surface area contributed by atoms with Crippen molar-refractivity contribution in [1.82, 2.24) is 19.9 Å². The molecule has 0 unspecified atom stereocenters. The van der Waals surface area contributed by atoms with E-state index < -0.39 is 0 Å². The van der Waals surface area contributed by atoms with Gasteiger partial charge in [0, 0.05) is 24.9 Å². The maximum atomic E-state index is 5.08. The van der Waals surface area contributed by atoms with E-state index in [-0.39, 0.29) is 0 Å². The summed E-state index contributed by atoms with van der Waals surface area (Å²) in [6.45, 7) is 0.729. The first kappa shape index (κ1) is 11.8. The van der Waals surface area contributed by atoms with Crippen LogP contribution < -0.4 is 10.1 Å². The van der Waals surface area contributed by atoms with E-state index in [0.717, 1.165) is 23.1 Å². The molecular formula is C10H12BrN5O. The lowest BCUT2D eigenvalue weighted by atomic mass is 10.3. The second-order valence-electron chi connectivity index (χ2n) is 3.30. The average Bonchev–Trinajstić information content (AvgIpc) is 2.84. The van der Waals surface area contributed by atoms with Gasteiger partial charge in [-0.3, -0.25) is 0 Å². The molecule has 0 saturated heterocycles. The highest BCUT2D eigenvalue weighted by atomic mass is 79.9. The number of nitrogens with zero attached hydrogens (tertiary/aromatic N) is 3. The van der Waals surface area contributed by atoms with Gasteiger partial charge in [-0.1, -0.05) is 0 Å². The van der Waals surface area contributed by atoms with E-state index in [2.05, 4.69) is 41.2 Å². The Balaban J connectivity index is 1.90. The van der Waals surface area contributed by atoms with Gasteiger partial charge in [0.1, 0.15) is 0 Å². The first-order valence-electron chi connectivity index (χ1n) is 5.07. The molecule has 0 amide bonds. The van der Waals surface area contributed by atoms with Crippen LogP contribution in [0.2, 0.25) is 0 Å². The number of aromatic amines is 1. The SMILES string of the molecule is COc1nc(NCCc2cnc[nH]2)ncc1Br. The van der Waals surface area contributed by atoms with Crippen LogP contribution in [0.25, 0.3) is 0 Å². The summed E-state index contributed by atoms with van der Waals surface area (Å²) in [5.74, 6) is 1.06. The molecule has 0 bridgehead atoms. The van der Waals surface area contributed by atoms with Crippen molar-refractivity contribution in [3.05, 3.63) is 28.9 Å². The minimum atomic E-state index is 0.518. The van der Waals surface area contributed by atoms with Crippen molar-refractivity contribution in [2.24, 2.45) is 0 Å². The molecule has 0 aliphatic carbocycles. The first-order chi connectivity index (χ1) is 8.29. The van der Waals surface area contributed by atoms with Crippen LogP contribution in [0.15, 0.2) is 23.2 Å². The summed E-state index contributed by atoms with van der Waals surface area (Å²) in [6, 6.07) is 0. The number of ether oxygens (including phenoxy) is 1. The van der Waals surface area contributed by atoms with Crippen molar-refractivity contribution >= 4 is 21.9 Å². The Kier molecular flexibility index (Phi) is 3.92. The van der Waals surface area contributed by atoms with E-state index in [1.165, 1.54) is 0 Å². The monoisotopic (exact) mass is 297 g/mol. The van der Waals surface area contributed by atoms with Crippen molar-refractivity contribution in [2.45, 2.75) is 6.42 Å². The van der Waals surface area contributed by atoms with Crippen LogP contribution in [-0.4, -0.2) is 33.6 Å². The number of H-pyrrole nitrogens is 1. The highest BCUT2D eigenvalue weighted by molar-refractivity contribution is 9.10. The molecule has 90 valence electrons. The molecule has 2 aromatic rings. The summed E-state index contributed by atoms with van der Waals surface area (Å²) >= 11 is 3.30. The smallest absolute Gasteiger partial charge is 0.232 e. The predicted octanol–water partition coefficient (Wildman–Crippen LogP) is 1.63. The molecule has 0 aliphatic rings. The molecule has 7 heteroatoms. The van der Waals surface area contributed by atoms with Gasteiger partial charge >= 0.3 is 0 Å². The maximum Gasteiger partial charge on any atom is 0.232 e. The minimum absolute atomic E-state index is 0.518. The van der Waals surface area contributed by atoms with Crippen LogP contribution in [0.5, 0.6) is 5.88 Å². The van der Waals surface area contributed by atoms with Crippen LogP contribution in [0.4, 0.5) is 5.95 Å². The lowest BCUT2D eigenvalue weighted by molar-refractivity contribution is 0.394. The standard InChI is InChI=1S/C10H12BrN5O/c1-17-9-8(11)5-14-10(16-9)13-3-2-7-4-12-6-15-7/h4-6H,2-3H2,1H3,(H,12,15)(H,13,14,16). The maximum absolute atomic E-state index is 5.08. The van der Waals surface area contributed by atoms with Crippen LogP contribution in [0.1, 0.15) is 5.69 Å². The van der Waals surface area contributed by atoms with E-state index >= 15 is 0 Å². The number of rotatable bonds is 5. The molecule has 2 heterocycles. The van der Waals surface area contributed by atoms with Gasteiger partial charge in [-0.2, -0.15) is 4.98 Å². The highest BCUT2D eigenvalue weighted by Gasteiger charge is 2.04. The van der Waals surface area contributed by atoms with Gasteiger partial charge in [-0.05, 0) is 15.9 Å². The average molecular weight is 298 g/mol. The first-order valence-corrected chi connectivity index (χ1v) is 5.86. The third-order valence-electron chi connectivity index (χ3n) is 2.14. The van der Waals surface area contributed by atoms with Gasteiger partial charge in [-0.15, -0.1) is 0 Å². The van der Waals surface area contributed by atoms with E-state index in [4.69, 9.17) is 4.74 Å². The zero-order valence-electron chi connectivity index (χ0n) is 9.27. The molecule has 2 rings (SSSR count). The van der Waals surface area contributed by atoms with Gasteiger partial charge in [0.2, 0.25) is 11.8 Å². The number of anilines is 1. The molecule has 0 fully saturated rings. The van der Waals surface area contributed by atoms with Gasteiger partial charge in [0.15, 0.2) is 0 Å². The Morgan fingerprint density at radius 2 is 2.35 bits per heavy atom. The highest BCUT2D eigenvalue weighted by Crippen LogP contribution is 2.21. The predicted molar refractivity (Wildman–Crippen MR) is 67.1 cm³/mol. The Labute approximate surface area is 107 Å². The van der Waals surface area contributed by atoms with E-state index in [0.29, 0.717) is 11.8 Å². The Morgan fingerprint density at radius 3 is 3.06 bits per heavy atom. The second kappa shape index (κ2) is 5.62. The van der Waals surface area contributed by atoms with Crippen molar-refractivity contribution < 1.29 is 4.74 Å². The topological polar surface area (TPSA) is 75.7 Å². The molecule has 0 atom stereocenters. The molecule has 6 nitrogen and oxygen atoms in total. The molecule has 0 spiro atoms. The molecule has 2 N–H and O–H groups in total. The number of methoxy groups -OCH3 is 1. The van der Waals surface area contributed by atoms with Gasteiger partial charge < -0.3 is 15.0 Å². The molecule has 0 radical (unpaired) electrons. The largest absolute Gasteiger partial charge is 0.480 e. The number of aromatic nitrogens is 4. The minimum Gasteiger partial charge on any atom is -0.480 e. The summed E-state index contributed by atoms with van der Waals surface area (Å²) < 4.78 is 5.82. The molecular weight excluding hydrogens is 286 g/mol. The lowest BCUT2D eigenvalue weighted by Crippen LogP contribution is -2.08. The lowest BCUT2D eigenvalue weighted by Gasteiger charge is -2.06. The van der Waals surface area contributed by atoms with Gasteiger partial charge in [-0.25, -0.2) is 9.97 Å². The summed E-state index contributed by atoms with van der Waals surface area (Å²) in [5, 5.41) is 3.11. The van der Waals surface area contributed by atoms with Crippen molar-refractivity contribution in [2.75, 3.05) is 19.0 Å². The quantitative estimate of drug-likeness (QED) is 0.877. The summed E-state index contributed by atoms with van der Waals surface area (Å²) in [4.78, 5) is 15.3. The van der Waals surface area contributed by atoms with Gasteiger partial charge in [0.05, 0.1) is 24.1 Å². The Bertz CT molecular complexity index is 474. The van der Waals surface area contributed by atoms with Crippen LogP contribution in [-0.2, 0) is 6.42 Å². The molecule has 2 aromatic heterocycles. The summed E-state index contributed by atoms with van der Waals surface area (Å²) in [6.07, 6.45) is 5.95. The molecule has 0 saturated carbocycles. The number of hydrogen-bond acceptors (Lipinski definition) is 5. The fourth-order valence-corrected chi connectivity index (χ4v) is 1.66. The van der Waals surface area contributed by atoms with Crippen molar-refractivity contribution in [1.29, 1.82) is 0 Å². The van der Waals surface area contributed by atoms with Crippen LogP contribution in [0, 0.1) is 0 Å².